The van der Waals surface area contributed by atoms with Crippen molar-refractivity contribution in [3.8, 4) is 39.3 Å². The lowest BCUT2D eigenvalue weighted by atomic mass is 9.91. The van der Waals surface area contributed by atoms with Gasteiger partial charge in [0.2, 0.25) is 11.8 Å². The number of nitrogens with zero attached hydrogens (tertiary/aromatic N) is 8. The molecule has 2 fully saturated rings. The number of hydrogen-bond acceptors (Lipinski definition) is 15. The number of β-amino-alcohol motifs (C(OH)–C–C–N with tert-alkyl or cyclic N) is 1. The number of phenolic OH excluding ortho intramolecular Hbond substituents is 1. The molecule has 7 aromatic rings. The maximum absolute atomic E-state index is 14.3. The van der Waals surface area contributed by atoms with Crippen LogP contribution in [-0.2, 0) is 9.59 Å². The lowest BCUT2D eigenvalue weighted by Crippen LogP contribution is -2.48. The number of phenols is 1. The van der Waals surface area contributed by atoms with E-state index in [9.17, 15) is 19.8 Å². The van der Waals surface area contributed by atoms with Crippen LogP contribution in [0.4, 0.5) is 5.82 Å². The zero-order valence-corrected chi connectivity index (χ0v) is 37.8. The van der Waals surface area contributed by atoms with Gasteiger partial charge in [0.05, 0.1) is 33.9 Å². The summed E-state index contributed by atoms with van der Waals surface area (Å²) in [7, 11) is 0. The van der Waals surface area contributed by atoms with E-state index in [1.165, 1.54) is 15.3 Å². The number of hydrogen-bond donors (Lipinski definition) is 3. The quantitative estimate of drug-likeness (QED) is 0.106. The molecule has 2 aliphatic rings. The van der Waals surface area contributed by atoms with Crippen LogP contribution in [0.15, 0.2) is 83.0 Å². The minimum absolute atomic E-state index is 0.0207. The Morgan fingerprint density at radius 1 is 0.984 bits per heavy atom. The second kappa shape index (κ2) is 18.1. The van der Waals surface area contributed by atoms with Crippen molar-refractivity contribution in [3.05, 3.63) is 106 Å². The van der Waals surface area contributed by atoms with Crippen LogP contribution in [0, 0.1) is 19.8 Å². The van der Waals surface area contributed by atoms with Crippen LogP contribution < -0.4 is 15.0 Å². The van der Waals surface area contributed by atoms with Crippen molar-refractivity contribution in [1.82, 2.24) is 40.5 Å². The average Bonchev–Trinajstić information content (AvgIpc) is 4.11. The molecule has 7 heterocycles. The van der Waals surface area contributed by atoms with Gasteiger partial charge in [-0.3, -0.25) is 9.59 Å². The average molecular weight is 900 g/mol. The number of anilines is 1. The highest BCUT2D eigenvalue weighted by Gasteiger charge is 2.43. The number of likely N-dealkylation sites (tertiary alicyclic amines) is 1. The Morgan fingerprint density at radius 3 is 2.50 bits per heavy atom. The molecule has 64 heavy (non-hydrogen) atoms. The van der Waals surface area contributed by atoms with Gasteiger partial charge in [0, 0.05) is 54.1 Å². The Labute approximate surface area is 378 Å². The zero-order chi connectivity index (χ0) is 44.6. The number of benzene rings is 2. The monoisotopic (exact) mass is 899 g/mol. The third kappa shape index (κ3) is 8.66. The van der Waals surface area contributed by atoms with E-state index in [2.05, 4.69) is 42.5 Å². The van der Waals surface area contributed by atoms with Gasteiger partial charge in [-0.1, -0.05) is 50.2 Å². The lowest BCUT2D eigenvalue weighted by Gasteiger charge is -2.32. The Bertz CT molecular complexity index is 2800. The summed E-state index contributed by atoms with van der Waals surface area (Å²) in [6.07, 6.45) is 2.75. The molecule has 2 saturated heterocycles. The van der Waals surface area contributed by atoms with Crippen LogP contribution in [0.5, 0.6) is 17.6 Å². The summed E-state index contributed by atoms with van der Waals surface area (Å²) < 4.78 is 11.7. The van der Waals surface area contributed by atoms with Crippen molar-refractivity contribution < 1.29 is 29.1 Å². The maximum atomic E-state index is 14.3. The minimum Gasteiger partial charge on any atom is -0.507 e. The van der Waals surface area contributed by atoms with Crippen LogP contribution in [0.3, 0.4) is 0 Å². The van der Waals surface area contributed by atoms with Crippen LogP contribution in [0.2, 0.25) is 0 Å². The first-order valence-corrected chi connectivity index (χ1v) is 23.2. The van der Waals surface area contributed by atoms with Gasteiger partial charge in [-0.25, -0.2) is 9.97 Å². The first kappa shape index (κ1) is 43.0. The fourth-order valence-corrected chi connectivity index (χ4v) is 10.9. The second-order valence-corrected chi connectivity index (χ2v) is 18.8. The number of aryl methyl sites for hydroxylation is 2. The zero-order valence-electron chi connectivity index (χ0n) is 36.1. The van der Waals surface area contributed by atoms with Crippen LogP contribution in [0.1, 0.15) is 85.4 Å². The van der Waals surface area contributed by atoms with E-state index in [4.69, 9.17) is 14.2 Å². The summed E-state index contributed by atoms with van der Waals surface area (Å²) in [5.41, 5.74) is 7.28. The van der Waals surface area contributed by atoms with E-state index in [1.807, 2.05) is 81.7 Å². The Hall–Kier alpha value is -6.30. The van der Waals surface area contributed by atoms with Gasteiger partial charge in [-0.05, 0) is 91.6 Å². The molecule has 15 nitrogen and oxygen atoms in total. The molecule has 17 heteroatoms. The highest BCUT2D eigenvalue weighted by molar-refractivity contribution is 7.19. The molecule has 0 spiro atoms. The lowest BCUT2D eigenvalue weighted by molar-refractivity contribution is -0.141. The van der Waals surface area contributed by atoms with Crippen molar-refractivity contribution in [3.63, 3.8) is 0 Å². The summed E-state index contributed by atoms with van der Waals surface area (Å²) in [5.74, 6) is -0.0856. The van der Waals surface area contributed by atoms with Gasteiger partial charge in [0.25, 0.3) is 5.88 Å². The predicted molar refractivity (Wildman–Crippen MR) is 245 cm³/mol. The van der Waals surface area contributed by atoms with E-state index in [-0.39, 0.29) is 60.1 Å². The number of aromatic nitrogens is 6. The van der Waals surface area contributed by atoms with Gasteiger partial charge >= 0.3 is 6.01 Å². The SMILES string of the molecule is Cc1ncsc1-c1ccc([C@H](C)NC(=O)[C@@H]2C[C@@H](O)CN2C(=O)C(c2cc(Oc3nccc(N4CCC(c5sc6nnc(-c7ccccc7O)cc6c5C)CC4)n3)no2)C(C)C)cc1. The number of nitrogens with one attached hydrogen (secondary N) is 1. The third-order valence-electron chi connectivity index (χ3n) is 12.3. The summed E-state index contributed by atoms with van der Waals surface area (Å²) in [6.45, 7) is 11.4. The number of rotatable bonds is 12. The minimum atomic E-state index is -0.863. The Morgan fingerprint density at radius 2 is 1.77 bits per heavy atom. The number of piperidine rings is 1. The fraction of sp³-hybridized carbons (Fsp3) is 0.362. The van der Waals surface area contributed by atoms with E-state index in [1.54, 1.807) is 47.1 Å². The van der Waals surface area contributed by atoms with Crippen molar-refractivity contribution in [2.45, 2.75) is 83.9 Å². The molecule has 5 aromatic heterocycles. The van der Waals surface area contributed by atoms with Crippen LogP contribution in [-0.4, -0.2) is 89.0 Å². The molecule has 0 saturated carbocycles. The summed E-state index contributed by atoms with van der Waals surface area (Å²) in [5, 5.41) is 38.3. The number of fused-ring (bicyclic) bond motifs is 1. The summed E-state index contributed by atoms with van der Waals surface area (Å²) in [4.78, 5) is 48.4. The van der Waals surface area contributed by atoms with Crippen molar-refractivity contribution in [1.29, 1.82) is 0 Å². The second-order valence-electron chi connectivity index (χ2n) is 16.9. The molecule has 3 N–H and O–H groups in total. The number of ether oxygens (including phenoxy) is 1. The Kier molecular flexibility index (Phi) is 12.1. The number of carbonyl (C=O) groups is 2. The van der Waals surface area contributed by atoms with Crippen molar-refractivity contribution >= 4 is 50.5 Å². The molecule has 2 aliphatic heterocycles. The van der Waals surface area contributed by atoms with Gasteiger partial charge in [-0.15, -0.1) is 32.9 Å². The molecule has 9 rings (SSSR count). The highest BCUT2D eigenvalue weighted by atomic mass is 32.1. The first-order chi connectivity index (χ1) is 30.9. The van der Waals surface area contributed by atoms with Gasteiger partial charge in [0.15, 0.2) is 5.76 Å². The largest absolute Gasteiger partial charge is 0.507 e. The summed E-state index contributed by atoms with van der Waals surface area (Å²) in [6, 6.07) is 19.5. The maximum Gasteiger partial charge on any atom is 0.325 e. The van der Waals surface area contributed by atoms with E-state index < -0.39 is 18.1 Å². The normalized spacial score (nSPS) is 17.9. The third-order valence-corrected chi connectivity index (χ3v) is 14.6. The number of aliphatic hydroxyl groups is 1. The number of aliphatic hydroxyl groups excluding tert-OH is 1. The van der Waals surface area contributed by atoms with E-state index in [0.717, 1.165) is 63.7 Å². The predicted octanol–water partition coefficient (Wildman–Crippen LogP) is 8.34. The van der Waals surface area contributed by atoms with Crippen LogP contribution >= 0.6 is 22.7 Å². The fourth-order valence-electron chi connectivity index (χ4n) is 8.85. The molecule has 4 atom stereocenters. The van der Waals surface area contributed by atoms with E-state index in [0.29, 0.717) is 17.2 Å². The molecule has 0 radical (unpaired) electrons. The Balaban J connectivity index is 0.828. The van der Waals surface area contributed by atoms with Crippen LogP contribution in [0.25, 0.3) is 31.9 Å². The van der Waals surface area contributed by atoms with Gasteiger partial charge in [-0.2, -0.15) is 4.98 Å². The van der Waals surface area contributed by atoms with Crippen molar-refractivity contribution in [2.24, 2.45) is 5.92 Å². The van der Waals surface area contributed by atoms with E-state index >= 15 is 0 Å². The number of aromatic hydroxyl groups is 1. The smallest absolute Gasteiger partial charge is 0.325 e. The van der Waals surface area contributed by atoms with Crippen molar-refractivity contribution in [2.75, 3.05) is 24.5 Å². The number of carbonyl (C=O) groups excluding carboxylic acids is 2. The first-order valence-electron chi connectivity index (χ1n) is 21.5. The molecule has 0 bridgehead atoms. The number of thiazole rings is 1. The number of amides is 2. The summed E-state index contributed by atoms with van der Waals surface area (Å²) >= 11 is 3.27. The van der Waals surface area contributed by atoms with Gasteiger partial charge < -0.3 is 34.6 Å². The molecular formula is C47H49N9O6S2. The molecule has 1 unspecified atom stereocenters. The number of para-hydroxylation sites is 1. The molecule has 330 valence electrons. The molecule has 0 aliphatic carbocycles. The molecule has 2 amide bonds. The molecular weight excluding hydrogens is 851 g/mol. The molecule has 2 aromatic carbocycles. The topological polar surface area (TPSA) is 193 Å². The highest BCUT2D eigenvalue weighted by Crippen LogP contribution is 2.41. The standard InChI is InChI=1S/C47H49N9O6S2/c1-25(2)41(46(60)56-23-32(57)20-36(56)44(59)50-27(4)29-10-12-30(13-11-29)43-28(5)49-24-63-43)38-22-40(54-62-38)61-47-48-17-14-39(51-47)55-18-15-31(16-19-55)42-26(3)34-21-35(52-53-45(34)64-42)33-8-6-7-9-37(33)58/h6-14,17,21-22,24-25,27,31-32,36,41,57-58H,15-16,18-20,23H2,1-5H3,(H,50,59)/t27-,32+,36-,41?/m0/s1. The number of thiophene rings is 1. The van der Waals surface area contributed by atoms with Gasteiger partial charge in [0.1, 0.15) is 28.4 Å².